The number of nitrogens with zero attached hydrogens (tertiary/aromatic N) is 1. The van der Waals surface area contributed by atoms with Crippen LogP contribution >= 0.6 is 0 Å². The van der Waals surface area contributed by atoms with Crippen LogP contribution in [-0.2, 0) is 6.42 Å². The summed E-state index contributed by atoms with van der Waals surface area (Å²) in [6, 6.07) is 13.1. The summed E-state index contributed by atoms with van der Waals surface area (Å²) in [4.78, 5) is 4.78. The molecule has 0 amide bonds. The summed E-state index contributed by atoms with van der Waals surface area (Å²) in [5.74, 6) is 1.28. The fourth-order valence-corrected chi connectivity index (χ4v) is 4.22. The molecular weight excluding hydrogens is 390 g/mol. The zero-order valence-corrected chi connectivity index (χ0v) is 21.1. The molecule has 1 unspecified atom stereocenters. The molecule has 0 bridgehead atoms. The molecule has 0 spiro atoms. The first-order valence-corrected chi connectivity index (χ1v) is 13.4. The van der Waals surface area contributed by atoms with E-state index >= 15 is 0 Å². The maximum atomic E-state index is 5.91. The van der Waals surface area contributed by atoms with Gasteiger partial charge in [0.1, 0.15) is 5.75 Å². The maximum Gasteiger partial charge on any atom is 0.119 e. The zero-order chi connectivity index (χ0) is 22.9. The van der Waals surface area contributed by atoms with Crippen LogP contribution in [0, 0.1) is 0 Å². The van der Waals surface area contributed by atoms with Crippen molar-refractivity contribution in [3.05, 3.63) is 59.4 Å². The van der Waals surface area contributed by atoms with Crippen LogP contribution in [0.15, 0.2) is 42.6 Å². The molecule has 0 fully saturated rings. The third-order valence-electron chi connectivity index (χ3n) is 6.51. The van der Waals surface area contributed by atoms with E-state index in [0.29, 0.717) is 5.92 Å². The van der Waals surface area contributed by atoms with Crippen molar-refractivity contribution in [2.45, 2.75) is 117 Å². The van der Waals surface area contributed by atoms with Gasteiger partial charge in [0.05, 0.1) is 6.61 Å². The fraction of sp³-hybridized carbons (Fsp3) is 0.633. The molecule has 1 aromatic heterocycles. The van der Waals surface area contributed by atoms with Gasteiger partial charge in [-0.05, 0) is 48.6 Å². The lowest BCUT2D eigenvalue weighted by molar-refractivity contribution is 0.304. The summed E-state index contributed by atoms with van der Waals surface area (Å²) < 4.78 is 5.91. The van der Waals surface area contributed by atoms with Crippen molar-refractivity contribution in [1.82, 2.24) is 4.98 Å². The molecule has 0 saturated carbocycles. The second kappa shape index (κ2) is 16.8. The number of aryl methyl sites for hydroxylation is 1. The van der Waals surface area contributed by atoms with Crippen molar-refractivity contribution in [1.29, 1.82) is 0 Å². The molecule has 2 nitrogen and oxygen atoms in total. The molecule has 2 rings (SSSR count). The van der Waals surface area contributed by atoms with E-state index in [9.17, 15) is 0 Å². The average Bonchev–Trinajstić information content (AvgIpc) is 2.83. The molecule has 0 N–H and O–H groups in total. The summed E-state index contributed by atoms with van der Waals surface area (Å²) in [6.07, 6.45) is 20.6. The predicted octanol–water partition coefficient (Wildman–Crippen LogP) is 9.27. The number of aromatic nitrogens is 1. The largest absolute Gasteiger partial charge is 0.494 e. The van der Waals surface area contributed by atoms with Crippen molar-refractivity contribution in [2.75, 3.05) is 6.61 Å². The number of ether oxygens (including phenoxy) is 1. The lowest BCUT2D eigenvalue weighted by Crippen LogP contribution is -2.01. The fourth-order valence-electron chi connectivity index (χ4n) is 4.22. The van der Waals surface area contributed by atoms with Crippen LogP contribution in [0.1, 0.15) is 127 Å². The summed E-state index contributed by atoms with van der Waals surface area (Å²) >= 11 is 0. The topological polar surface area (TPSA) is 22.1 Å². The summed E-state index contributed by atoms with van der Waals surface area (Å²) in [6.45, 7) is 7.59. The molecular formula is C30H47NO. The Balaban J connectivity index is 1.68. The Morgan fingerprint density at radius 3 is 1.88 bits per heavy atom. The Bertz CT molecular complexity index is 692. The van der Waals surface area contributed by atoms with Crippen LogP contribution < -0.4 is 4.74 Å². The number of unbranched alkanes of at least 4 members (excludes halogenated alkanes) is 11. The van der Waals surface area contributed by atoms with Gasteiger partial charge in [-0.2, -0.15) is 0 Å². The minimum Gasteiger partial charge on any atom is -0.494 e. The molecule has 1 aromatic carbocycles. The molecule has 178 valence electrons. The molecule has 0 saturated heterocycles. The van der Waals surface area contributed by atoms with Crippen molar-refractivity contribution < 1.29 is 4.74 Å². The average molecular weight is 438 g/mol. The van der Waals surface area contributed by atoms with Gasteiger partial charge in [0, 0.05) is 17.8 Å². The molecule has 1 atom stereocenters. The first-order valence-electron chi connectivity index (χ1n) is 13.4. The number of hydrogen-bond donors (Lipinski definition) is 0. The van der Waals surface area contributed by atoms with E-state index in [2.05, 4.69) is 63.4 Å². The van der Waals surface area contributed by atoms with Crippen molar-refractivity contribution >= 4 is 0 Å². The van der Waals surface area contributed by atoms with E-state index in [0.717, 1.165) is 30.9 Å². The number of pyridine rings is 1. The lowest BCUT2D eigenvalue weighted by Gasteiger charge is -2.13. The van der Waals surface area contributed by atoms with Crippen molar-refractivity contribution in [2.24, 2.45) is 0 Å². The van der Waals surface area contributed by atoms with E-state index in [4.69, 9.17) is 9.72 Å². The Morgan fingerprint density at radius 1 is 0.688 bits per heavy atom. The molecule has 2 heteroatoms. The quantitative estimate of drug-likeness (QED) is 0.217. The van der Waals surface area contributed by atoms with E-state index in [1.807, 2.05) is 0 Å². The summed E-state index contributed by atoms with van der Waals surface area (Å²) in [7, 11) is 0. The number of hydrogen-bond acceptors (Lipinski definition) is 2. The zero-order valence-electron chi connectivity index (χ0n) is 21.1. The van der Waals surface area contributed by atoms with Crippen LogP contribution in [0.2, 0.25) is 0 Å². The predicted molar refractivity (Wildman–Crippen MR) is 139 cm³/mol. The molecule has 1 heterocycles. The van der Waals surface area contributed by atoms with E-state index in [1.165, 1.54) is 88.2 Å². The van der Waals surface area contributed by atoms with Gasteiger partial charge < -0.3 is 4.74 Å². The van der Waals surface area contributed by atoms with E-state index in [-0.39, 0.29) is 0 Å². The first kappa shape index (κ1) is 26.4. The SMILES string of the molecule is CCCCCCCCCCc1ccc(C(C)c2ccc(OCCCCCCC)cc2)nc1. The normalized spacial score (nSPS) is 12.1. The van der Waals surface area contributed by atoms with Crippen molar-refractivity contribution in [3.8, 4) is 5.75 Å². The van der Waals surface area contributed by atoms with Crippen LogP contribution in [0.4, 0.5) is 0 Å². The highest BCUT2D eigenvalue weighted by Gasteiger charge is 2.10. The molecule has 2 aromatic rings. The second-order valence-electron chi connectivity index (χ2n) is 9.37. The number of rotatable bonds is 18. The molecule has 32 heavy (non-hydrogen) atoms. The first-order chi connectivity index (χ1) is 15.7. The van der Waals surface area contributed by atoms with Crippen LogP contribution in [0.25, 0.3) is 0 Å². The molecule has 0 aliphatic heterocycles. The maximum absolute atomic E-state index is 5.91. The van der Waals surface area contributed by atoms with Gasteiger partial charge in [0.2, 0.25) is 0 Å². The Morgan fingerprint density at radius 2 is 1.28 bits per heavy atom. The van der Waals surface area contributed by atoms with Crippen molar-refractivity contribution in [3.63, 3.8) is 0 Å². The third-order valence-corrected chi connectivity index (χ3v) is 6.51. The minimum atomic E-state index is 0.301. The summed E-state index contributed by atoms with van der Waals surface area (Å²) in [5.41, 5.74) is 3.81. The van der Waals surface area contributed by atoms with Gasteiger partial charge in [-0.15, -0.1) is 0 Å². The van der Waals surface area contributed by atoms with Crippen LogP contribution in [0.5, 0.6) is 5.75 Å². The smallest absolute Gasteiger partial charge is 0.119 e. The monoisotopic (exact) mass is 437 g/mol. The highest BCUT2D eigenvalue weighted by Crippen LogP contribution is 2.25. The van der Waals surface area contributed by atoms with E-state index < -0.39 is 0 Å². The molecule has 0 radical (unpaired) electrons. The molecule has 0 aliphatic rings. The van der Waals surface area contributed by atoms with Crippen LogP contribution in [0.3, 0.4) is 0 Å². The Kier molecular flexibility index (Phi) is 13.8. The van der Waals surface area contributed by atoms with Gasteiger partial charge in [-0.1, -0.05) is 110 Å². The summed E-state index contributed by atoms with van der Waals surface area (Å²) in [5, 5.41) is 0. The van der Waals surface area contributed by atoms with Gasteiger partial charge in [0.25, 0.3) is 0 Å². The minimum absolute atomic E-state index is 0.301. The Labute approximate surface area is 198 Å². The highest BCUT2D eigenvalue weighted by atomic mass is 16.5. The van der Waals surface area contributed by atoms with Crippen LogP contribution in [-0.4, -0.2) is 11.6 Å². The second-order valence-corrected chi connectivity index (χ2v) is 9.37. The van der Waals surface area contributed by atoms with Gasteiger partial charge in [-0.3, -0.25) is 4.98 Å². The van der Waals surface area contributed by atoms with E-state index in [1.54, 1.807) is 0 Å². The molecule has 0 aliphatic carbocycles. The van der Waals surface area contributed by atoms with Gasteiger partial charge in [0.15, 0.2) is 0 Å². The standard InChI is InChI=1S/C30H47NO/c1-4-6-8-10-11-12-13-15-17-27-18-23-30(31-25-27)26(3)28-19-21-29(22-20-28)32-24-16-14-9-7-5-2/h18-23,25-26H,4-17,24H2,1-3H3. The lowest BCUT2D eigenvalue weighted by atomic mass is 9.96. The van der Waals surface area contributed by atoms with Gasteiger partial charge in [-0.25, -0.2) is 0 Å². The van der Waals surface area contributed by atoms with Gasteiger partial charge >= 0.3 is 0 Å². The highest BCUT2D eigenvalue weighted by molar-refractivity contribution is 5.33. The third kappa shape index (κ3) is 10.7. The Hall–Kier alpha value is -1.83. The number of benzene rings is 1.